The Morgan fingerprint density at radius 3 is 2.33 bits per heavy atom. The zero-order chi connectivity index (χ0) is 23.5. The fraction of sp³-hybridized carbons (Fsp3) is 0.308. The summed E-state index contributed by atoms with van der Waals surface area (Å²) in [5.41, 5.74) is 2.20. The van der Waals surface area contributed by atoms with Crippen molar-refractivity contribution >= 4 is 17.5 Å². The maximum absolute atomic E-state index is 13.6. The molecular formula is C26H24F2N2O3. The molecular weight excluding hydrogens is 426 g/mol. The molecule has 1 unspecified atom stereocenters. The SMILES string of the molecule is CC(C)C1=NC(c2ccc(F)cc2)=CC(c2ccc(F)cc2)N1C#C[C@@H]1C[C@@H](O)CC(=O)O1. The Labute approximate surface area is 191 Å². The van der Waals surface area contributed by atoms with Gasteiger partial charge in [0.1, 0.15) is 17.5 Å². The highest BCUT2D eigenvalue weighted by Gasteiger charge is 2.30. The Kier molecular flexibility index (Phi) is 6.57. The van der Waals surface area contributed by atoms with Crippen LogP contribution in [0.3, 0.4) is 0 Å². The van der Waals surface area contributed by atoms with Crippen molar-refractivity contribution in [2.24, 2.45) is 10.9 Å². The van der Waals surface area contributed by atoms with E-state index in [9.17, 15) is 18.7 Å². The van der Waals surface area contributed by atoms with Gasteiger partial charge in [-0.05, 0) is 54.0 Å². The third-order valence-corrected chi connectivity index (χ3v) is 5.45. The van der Waals surface area contributed by atoms with Gasteiger partial charge in [-0.1, -0.05) is 26.0 Å². The molecule has 2 aliphatic heterocycles. The molecule has 0 amide bonds. The van der Waals surface area contributed by atoms with Crippen LogP contribution in [0.1, 0.15) is 43.9 Å². The molecule has 0 bridgehead atoms. The van der Waals surface area contributed by atoms with E-state index >= 15 is 0 Å². The number of aliphatic hydroxyl groups is 1. The molecule has 4 rings (SSSR count). The van der Waals surface area contributed by atoms with Gasteiger partial charge in [0.05, 0.1) is 24.3 Å². The minimum atomic E-state index is -0.789. The lowest BCUT2D eigenvalue weighted by atomic mass is 9.98. The smallest absolute Gasteiger partial charge is 0.309 e. The van der Waals surface area contributed by atoms with Gasteiger partial charge in [0.15, 0.2) is 6.10 Å². The lowest BCUT2D eigenvalue weighted by Crippen LogP contribution is -2.37. The zero-order valence-corrected chi connectivity index (χ0v) is 18.3. The number of halogens is 2. The van der Waals surface area contributed by atoms with Crippen LogP contribution in [0, 0.1) is 29.5 Å². The molecule has 0 aliphatic carbocycles. The average molecular weight is 450 g/mol. The largest absolute Gasteiger partial charge is 0.449 e. The molecule has 5 nitrogen and oxygen atoms in total. The van der Waals surface area contributed by atoms with Gasteiger partial charge in [-0.2, -0.15) is 0 Å². The van der Waals surface area contributed by atoms with Gasteiger partial charge in [0, 0.05) is 23.9 Å². The number of rotatable bonds is 3. The van der Waals surface area contributed by atoms with Crippen molar-refractivity contribution in [1.82, 2.24) is 4.90 Å². The van der Waals surface area contributed by atoms with Gasteiger partial charge in [-0.25, -0.2) is 13.8 Å². The summed E-state index contributed by atoms with van der Waals surface area (Å²) in [4.78, 5) is 18.3. The minimum Gasteiger partial charge on any atom is -0.449 e. The van der Waals surface area contributed by atoms with Crippen molar-refractivity contribution in [2.45, 2.75) is 44.9 Å². The summed E-state index contributed by atoms with van der Waals surface area (Å²) in [5, 5.41) is 9.89. The number of nitrogens with zero attached hydrogens (tertiary/aromatic N) is 2. The molecule has 2 aliphatic rings. The summed E-state index contributed by atoms with van der Waals surface area (Å²) < 4.78 is 32.3. The standard InChI is InChI=1S/C26H24F2N2O3/c1-16(2)26-29-23(17-3-7-19(27)8-4-17)15-24(18-5-9-20(28)10-6-18)30(26)12-11-22-13-21(31)14-25(32)33-22/h3-10,15-16,21-22,24,31H,13-14H2,1-2H3/t21-,22-,24?/m1/s1. The Hall–Kier alpha value is -3.50. The normalized spacial score (nSPS) is 22.8. The number of amidine groups is 1. The van der Waals surface area contributed by atoms with Gasteiger partial charge < -0.3 is 9.84 Å². The number of carbonyl (C=O) groups is 1. The number of aliphatic imine (C=N–C) groups is 1. The Morgan fingerprint density at radius 1 is 1.09 bits per heavy atom. The zero-order valence-electron chi connectivity index (χ0n) is 18.3. The molecule has 1 N–H and O–H groups in total. The van der Waals surface area contributed by atoms with E-state index in [0.29, 0.717) is 11.5 Å². The molecule has 33 heavy (non-hydrogen) atoms. The van der Waals surface area contributed by atoms with Crippen molar-refractivity contribution in [3.05, 3.63) is 77.4 Å². The van der Waals surface area contributed by atoms with E-state index in [4.69, 9.17) is 9.73 Å². The van der Waals surface area contributed by atoms with Crippen LogP contribution in [0.15, 0.2) is 59.6 Å². The van der Waals surface area contributed by atoms with Crippen molar-refractivity contribution in [2.75, 3.05) is 0 Å². The lowest BCUT2D eigenvalue weighted by Gasteiger charge is -2.34. The Bertz CT molecular complexity index is 1140. The minimum absolute atomic E-state index is 0.0223. The highest BCUT2D eigenvalue weighted by atomic mass is 19.1. The highest BCUT2D eigenvalue weighted by molar-refractivity contribution is 5.93. The Morgan fingerprint density at radius 2 is 1.73 bits per heavy atom. The average Bonchev–Trinajstić information content (AvgIpc) is 2.77. The van der Waals surface area contributed by atoms with Crippen molar-refractivity contribution in [1.29, 1.82) is 0 Å². The molecule has 0 saturated carbocycles. The molecule has 2 aromatic rings. The molecule has 2 aromatic carbocycles. The topological polar surface area (TPSA) is 62.1 Å². The van der Waals surface area contributed by atoms with Crippen molar-refractivity contribution in [3.63, 3.8) is 0 Å². The highest BCUT2D eigenvalue weighted by Crippen LogP contribution is 2.34. The Balaban J connectivity index is 1.77. The maximum atomic E-state index is 13.6. The summed E-state index contributed by atoms with van der Waals surface area (Å²) in [5.74, 6) is 2.42. The number of carbonyl (C=O) groups excluding carboxylic acids is 1. The van der Waals surface area contributed by atoms with Crippen LogP contribution < -0.4 is 0 Å². The number of benzene rings is 2. The molecule has 170 valence electrons. The van der Waals surface area contributed by atoms with E-state index in [-0.39, 0.29) is 30.4 Å². The van der Waals surface area contributed by atoms with E-state index in [1.54, 1.807) is 29.2 Å². The summed E-state index contributed by atoms with van der Waals surface area (Å²) in [6.45, 7) is 3.96. The summed E-state index contributed by atoms with van der Waals surface area (Å²) in [7, 11) is 0. The van der Waals surface area contributed by atoms with Crippen LogP contribution in [-0.4, -0.2) is 34.0 Å². The van der Waals surface area contributed by atoms with E-state index < -0.39 is 24.2 Å². The third-order valence-electron chi connectivity index (χ3n) is 5.45. The van der Waals surface area contributed by atoms with Gasteiger partial charge in [0.2, 0.25) is 0 Å². The molecule has 1 fully saturated rings. The van der Waals surface area contributed by atoms with Crippen molar-refractivity contribution < 1.29 is 23.4 Å². The number of hydrogen-bond acceptors (Lipinski definition) is 5. The monoisotopic (exact) mass is 450 g/mol. The number of hydrogen-bond donors (Lipinski definition) is 1. The predicted octanol–water partition coefficient (Wildman–Crippen LogP) is 4.44. The molecule has 0 aromatic heterocycles. The van der Waals surface area contributed by atoms with Crippen molar-refractivity contribution in [3.8, 4) is 12.0 Å². The molecule has 2 heterocycles. The second-order valence-corrected chi connectivity index (χ2v) is 8.38. The molecule has 0 radical (unpaired) electrons. The van der Waals surface area contributed by atoms with E-state index in [2.05, 4.69) is 12.0 Å². The number of cyclic esters (lactones) is 1. The van der Waals surface area contributed by atoms with Crippen LogP contribution in [0.2, 0.25) is 0 Å². The molecule has 1 saturated heterocycles. The van der Waals surface area contributed by atoms with Crippen LogP contribution in [0.25, 0.3) is 5.70 Å². The second-order valence-electron chi connectivity index (χ2n) is 8.38. The number of ether oxygens (including phenoxy) is 1. The first kappa shape index (κ1) is 22.7. The third kappa shape index (κ3) is 5.29. The second kappa shape index (κ2) is 9.55. The van der Waals surface area contributed by atoms with E-state index in [1.165, 1.54) is 24.3 Å². The van der Waals surface area contributed by atoms with Gasteiger partial charge in [0.25, 0.3) is 0 Å². The first-order chi connectivity index (χ1) is 15.8. The quantitative estimate of drug-likeness (QED) is 0.555. The van der Waals surface area contributed by atoms with Gasteiger partial charge in [-0.3, -0.25) is 9.69 Å². The predicted molar refractivity (Wildman–Crippen MR) is 121 cm³/mol. The van der Waals surface area contributed by atoms with Crippen LogP contribution in [0.5, 0.6) is 0 Å². The van der Waals surface area contributed by atoms with E-state index in [1.807, 2.05) is 19.9 Å². The first-order valence-electron chi connectivity index (χ1n) is 10.8. The van der Waals surface area contributed by atoms with Gasteiger partial charge >= 0.3 is 5.97 Å². The summed E-state index contributed by atoms with van der Waals surface area (Å²) >= 11 is 0. The van der Waals surface area contributed by atoms with Crippen LogP contribution >= 0.6 is 0 Å². The van der Waals surface area contributed by atoms with Crippen LogP contribution in [-0.2, 0) is 9.53 Å². The number of aliphatic hydroxyl groups excluding tert-OH is 1. The summed E-state index contributed by atoms with van der Waals surface area (Å²) in [6, 6.07) is 14.9. The maximum Gasteiger partial charge on any atom is 0.309 e. The number of esters is 1. The fourth-order valence-corrected chi connectivity index (χ4v) is 3.81. The molecule has 3 atom stereocenters. The molecule has 7 heteroatoms. The lowest BCUT2D eigenvalue weighted by molar-refractivity contribution is -0.155. The fourth-order valence-electron chi connectivity index (χ4n) is 3.81. The first-order valence-corrected chi connectivity index (χ1v) is 10.8. The van der Waals surface area contributed by atoms with Crippen LogP contribution in [0.4, 0.5) is 8.78 Å². The summed E-state index contributed by atoms with van der Waals surface area (Å²) in [6.07, 6.45) is 0.568. The van der Waals surface area contributed by atoms with E-state index in [0.717, 1.165) is 11.1 Å². The molecule has 0 spiro atoms. The van der Waals surface area contributed by atoms with Gasteiger partial charge in [-0.15, -0.1) is 0 Å².